The summed E-state index contributed by atoms with van der Waals surface area (Å²) >= 11 is 0. The lowest BCUT2D eigenvalue weighted by Gasteiger charge is -2.21. The van der Waals surface area contributed by atoms with Gasteiger partial charge in [0.2, 0.25) is 10.0 Å². The third-order valence-electron chi connectivity index (χ3n) is 4.63. The van der Waals surface area contributed by atoms with E-state index >= 15 is 0 Å². The summed E-state index contributed by atoms with van der Waals surface area (Å²) < 4.78 is 43.9. The SMILES string of the molecule is CCOc1ccc(C(=O)Nc2cc(S(=O)(=O)N(CC)CC)ccc2OC(C)C)cc1OC. The van der Waals surface area contributed by atoms with E-state index < -0.39 is 15.9 Å². The van der Waals surface area contributed by atoms with Crippen LogP contribution in [-0.2, 0) is 10.0 Å². The molecule has 0 aliphatic carbocycles. The van der Waals surface area contributed by atoms with Crippen LogP contribution in [0.2, 0.25) is 0 Å². The molecule has 2 aromatic rings. The van der Waals surface area contributed by atoms with Gasteiger partial charge in [0.15, 0.2) is 11.5 Å². The fourth-order valence-corrected chi connectivity index (χ4v) is 4.60. The van der Waals surface area contributed by atoms with Crippen molar-refractivity contribution in [2.45, 2.75) is 45.6 Å². The number of rotatable bonds is 11. The van der Waals surface area contributed by atoms with Crippen molar-refractivity contribution in [2.75, 3.05) is 32.1 Å². The van der Waals surface area contributed by atoms with Gasteiger partial charge in [0.1, 0.15) is 5.75 Å². The molecule has 0 aliphatic rings. The van der Waals surface area contributed by atoms with Gasteiger partial charge in [-0.3, -0.25) is 4.79 Å². The van der Waals surface area contributed by atoms with Gasteiger partial charge in [0, 0.05) is 18.7 Å². The highest BCUT2D eigenvalue weighted by Crippen LogP contribution is 2.32. The standard InChI is InChI=1S/C23H32N2O6S/c1-7-25(8-2)32(27,28)18-11-13-20(31-16(4)5)19(15-18)24-23(26)17-10-12-21(30-9-3)22(14-17)29-6/h10-16H,7-9H2,1-6H3,(H,24,26). The molecule has 2 aromatic carbocycles. The van der Waals surface area contributed by atoms with E-state index in [0.29, 0.717) is 42.5 Å². The number of nitrogens with zero attached hydrogens (tertiary/aromatic N) is 1. The van der Waals surface area contributed by atoms with Crippen molar-refractivity contribution < 1.29 is 27.4 Å². The lowest BCUT2D eigenvalue weighted by atomic mass is 10.1. The lowest BCUT2D eigenvalue weighted by Crippen LogP contribution is -2.30. The molecule has 1 amide bonds. The molecule has 0 aliphatic heterocycles. The third-order valence-corrected chi connectivity index (χ3v) is 6.68. The molecule has 32 heavy (non-hydrogen) atoms. The largest absolute Gasteiger partial charge is 0.493 e. The molecule has 0 saturated heterocycles. The summed E-state index contributed by atoms with van der Waals surface area (Å²) in [6.45, 7) is 10.3. The van der Waals surface area contributed by atoms with E-state index in [2.05, 4.69) is 5.32 Å². The first-order valence-corrected chi connectivity index (χ1v) is 12.0. The smallest absolute Gasteiger partial charge is 0.255 e. The van der Waals surface area contributed by atoms with Crippen molar-refractivity contribution in [3.05, 3.63) is 42.0 Å². The summed E-state index contributed by atoms with van der Waals surface area (Å²) in [6, 6.07) is 9.31. The Labute approximate surface area is 190 Å². The van der Waals surface area contributed by atoms with Crippen molar-refractivity contribution in [1.29, 1.82) is 0 Å². The molecule has 8 nitrogen and oxygen atoms in total. The Morgan fingerprint density at radius 1 is 1.00 bits per heavy atom. The predicted octanol–water partition coefficient (Wildman–Crippen LogP) is 4.16. The zero-order valence-electron chi connectivity index (χ0n) is 19.5. The minimum absolute atomic E-state index is 0.0804. The zero-order chi connectivity index (χ0) is 23.9. The Morgan fingerprint density at radius 2 is 1.66 bits per heavy atom. The Bertz CT molecular complexity index is 1030. The first-order chi connectivity index (χ1) is 15.2. The Kier molecular flexibility index (Phi) is 8.91. The number of carbonyl (C=O) groups excluding carboxylic acids is 1. The molecule has 0 bridgehead atoms. The molecular weight excluding hydrogens is 432 g/mol. The average Bonchev–Trinajstić information content (AvgIpc) is 2.75. The maximum Gasteiger partial charge on any atom is 0.255 e. The van der Waals surface area contributed by atoms with Crippen LogP contribution < -0.4 is 19.5 Å². The minimum Gasteiger partial charge on any atom is -0.493 e. The fraction of sp³-hybridized carbons (Fsp3) is 0.435. The Balaban J connectivity index is 2.45. The van der Waals surface area contributed by atoms with Crippen LogP contribution in [0.25, 0.3) is 0 Å². The van der Waals surface area contributed by atoms with Crippen molar-refractivity contribution >= 4 is 21.6 Å². The zero-order valence-corrected chi connectivity index (χ0v) is 20.3. The van der Waals surface area contributed by atoms with Crippen LogP contribution in [0.4, 0.5) is 5.69 Å². The first-order valence-electron chi connectivity index (χ1n) is 10.6. The van der Waals surface area contributed by atoms with E-state index in [0.717, 1.165) is 0 Å². The van der Waals surface area contributed by atoms with E-state index in [1.54, 1.807) is 38.1 Å². The number of hydrogen-bond donors (Lipinski definition) is 1. The molecule has 0 heterocycles. The van der Waals surface area contributed by atoms with Gasteiger partial charge < -0.3 is 19.5 Å². The van der Waals surface area contributed by atoms with Gasteiger partial charge in [-0.15, -0.1) is 0 Å². The van der Waals surface area contributed by atoms with Crippen LogP contribution in [-0.4, -0.2) is 51.5 Å². The summed E-state index contributed by atoms with van der Waals surface area (Å²) in [6.07, 6.45) is -0.165. The summed E-state index contributed by atoms with van der Waals surface area (Å²) in [5, 5.41) is 2.78. The van der Waals surface area contributed by atoms with E-state index in [-0.39, 0.29) is 16.7 Å². The highest BCUT2D eigenvalue weighted by Gasteiger charge is 2.24. The topological polar surface area (TPSA) is 94.2 Å². The van der Waals surface area contributed by atoms with Crippen molar-refractivity contribution in [1.82, 2.24) is 4.31 Å². The molecule has 1 N–H and O–H groups in total. The second-order valence-corrected chi connectivity index (χ2v) is 9.10. The van der Waals surface area contributed by atoms with E-state index in [1.165, 1.54) is 23.5 Å². The number of nitrogens with one attached hydrogen (secondary N) is 1. The average molecular weight is 465 g/mol. The molecule has 0 spiro atoms. The maximum absolute atomic E-state index is 13.0. The Hall–Kier alpha value is -2.78. The number of benzene rings is 2. The molecule has 0 aromatic heterocycles. The fourth-order valence-electron chi connectivity index (χ4n) is 3.11. The number of carbonyl (C=O) groups is 1. The van der Waals surface area contributed by atoms with Gasteiger partial charge in [-0.25, -0.2) is 8.42 Å². The van der Waals surface area contributed by atoms with Crippen LogP contribution in [0, 0.1) is 0 Å². The van der Waals surface area contributed by atoms with Crippen molar-refractivity contribution in [3.63, 3.8) is 0 Å². The van der Waals surface area contributed by atoms with Gasteiger partial charge in [-0.1, -0.05) is 13.8 Å². The van der Waals surface area contributed by atoms with Crippen LogP contribution in [0.5, 0.6) is 17.2 Å². The number of amides is 1. The van der Waals surface area contributed by atoms with Crippen molar-refractivity contribution in [2.24, 2.45) is 0 Å². The summed E-state index contributed by atoms with van der Waals surface area (Å²) in [5.74, 6) is 0.904. The van der Waals surface area contributed by atoms with Crippen LogP contribution in [0.1, 0.15) is 45.0 Å². The summed E-state index contributed by atoms with van der Waals surface area (Å²) in [5.41, 5.74) is 0.600. The number of anilines is 1. The van der Waals surface area contributed by atoms with E-state index in [4.69, 9.17) is 14.2 Å². The second-order valence-electron chi connectivity index (χ2n) is 7.17. The van der Waals surface area contributed by atoms with Crippen molar-refractivity contribution in [3.8, 4) is 17.2 Å². The van der Waals surface area contributed by atoms with Gasteiger partial charge >= 0.3 is 0 Å². The molecule has 0 fully saturated rings. The van der Waals surface area contributed by atoms with Gasteiger partial charge in [-0.2, -0.15) is 4.31 Å². The third kappa shape index (κ3) is 5.92. The van der Waals surface area contributed by atoms with E-state index in [9.17, 15) is 13.2 Å². The Morgan fingerprint density at radius 3 is 2.22 bits per heavy atom. The monoisotopic (exact) mass is 464 g/mol. The first kappa shape index (κ1) is 25.5. The van der Waals surface area contributed by atoms with Gasteiger partial charge in [0.25, 0.3) is 5.91 Å². The van der Waals surface area contributed by atoms with Gasteiger partial charge in [-0.05, 0) is 57.2 Å². The number of methoxy groups -OCH3 is 1. The summed E-state index contributed by atoms with van der Waals surface area (Å²) in [7, 11) is -2.21. The lowest BCUT2D eigenvalue weighted by molar-refractivity contribution is 0.102. The molecular formula is C23H32N2O6S. The minimum atomic E-state index is -3.70. The van der Waals surface area contributed by atoms with Crippen LogP contribution in [0.15, 0.2) is 41.3 Å². The van der Waals surface area contributed by atoms with E-state index in [1.807, 2.05) is 20.8 Å². The highest BCUT2D eigenvalue weighted by molar-refractivity contribution is 7.89. The molecule has 9 heteroatoms. The maximum atomic E-state index is 13.0. The number of ether oxygens (including phenoxy) is 3. The molecule has 0 unspecified atom stereocenters. The van der Waals surface area contributed by atoms with Crippen LogP contribution >= 0.6 is 0 Å². The number of hydrogen-bond acceptors (Lipinski definition) is 6. The normalized spacial score (nSPS) is 11.5. The molecule has 0 saturated carbocycles. The second kappa shape index (κ2) is 11.2. The predicted molar refractivity (Wildman–Crippen MR) is 124 cm³/mol. The molecule has 2 rings (SSSR count). The highest BCUT2D eigenvalue weighted by atomic mass is 32.2. The van der Waals surface area contributed by atoms with Gasteiger partial charge in [0.05, 0.1) is 30.4 Å². The molecule has 176 valence electrons. The summed E-state index contributed by atoms with van der Waals surface area (Å²) in [4.78, 5) is 13.1. The number of sulfonamides is 1. The van der Waals surface area contributed by atoms with Crippen LogP contribution in [0.3, 0.4) is 0 Å². The molecule has 0 atom stereocenters. The quantitative estimate of drug-likeness (QED) is 0.537. The molecule has 0 radical (unpaired) electrons.